The molecule has 0 aliphatic carbocycles. The SMILES string of the molecule is Cc1cc(C)cc(Cc2ccc(/C=C(\C#N)C(=O)Nc3ccc(C)c(Cl)c3)cc2)c1. The van der Waals surface area contributed by atoms with Crippen molar-refractivity contribution in [2.45, 2.75) is 27.2 Å². The number of hydrogen-bond acceptors (Lipinski definition) is 2. The van der Waals surface area contributed by atoms with Crippen molar-refractivity contribution in [2.75, 3.05) is 5.32 Å². The molecule has 4 heteroatoms. The number of rotatable bonds is 5. The summed E-state index contributed by atoms with van der Waals surface area (Å²) in [6.45, 7) is 6.09. The summed E-state index contributed by atoms with van der Waals surface area (Å²) in [6.07, 6.45) is 2.43. The lowest BCUT2D eigenvalue weighted by Gasteiger charge is -2.07. The molecule has 0 unspecified atom stereocenters. The second-order valence-corrected chi connectivity index (χ2v) is 7.91. The highest BCUT2D eigenvalue weighted by molar-refractivity contribution is 6.31. The highest BCUT2D eigenvalue weighted by Gasteiger charge is 2.10. The van der Waals surface area contributed by atoms with Gasteiger partial charge in [-0.15, -0.1) is 0 Å². The van der Waals surface area contributed by atoms with Gasteiger partial charge < -0.3 is 5.32 Å². The van der Waals surface area contributed by atoms with Gasteiger partial charge >= 0.3 is 0 Å². The van der Waals surface area contributed by atoms with Gasteiger partial charge in [0, 0.05) is 10.7 Å². The van der Waals surface area contributed by atoms with Crippen LogP contribution in [0.3, 0.4) is 0 Å². The van der Waals surface area contributed by atoms with Crippen LogP contribution in [0.2, 0.25) is 5.02 Å². The topological polar surface area (TPSA) is 52.9 Å². The van der Waals surface area contributed by atoms with E-state index in [0.29, 0.717) is 10.7 Å². The minimum atomic E-state index is -0.461. The van der Waals surface area contributed by atoms with Crippen LogP contribution in [0, 0.1) is 32.1 Å². The van der Waals surface area contributed by atoms with Gasteiger partial charge in [-0.25, -0.2) is 0 Å². The molecule has 0 saturated heterocycles. The van der Waals surface area contributed by atoms with Crippen molar-refractivity contribution in [3.8, 4) is 6.07 Å². The van der Waals surface area contributed by atoms with Crippen LogP contribution < -0.4 is 5.32 Å². The standard InChI is InChI=1S/C26H23ClN2O/c1-17-10-18(2)12-22(11-17)13-20-5-7-21(8-6-20)14-23(16-28)26(30)29-24-9-4-19(3)25(27)15-24/h4-12,14-15H,13H2,1-3H3,(H,29,30)/b23-14+. The van der Waals surface area contributed by atoms with Gasteiger partial charge in [0.25, 0.3) is 5.91 Å². The van der Waals surface area contributed by atoms with Crippen molar-refractivity contribution in [1.29, 1.82) is 5.26 Å². The van der Waals surface area contributed by atoms with Gasteiger partial charge in [-0.2, -0.15) is 5.26 Å². The summed E-state index contributed by atoms with van der Waals surface area (Å²) in [5, 5.41) is 12.7. The first-order chi connectivity index (χ1) is 14.3. The molecule has 3 aromatic rings. The first kappa shape index (κ1) is 21.4. The first-order valence-corrected chi connectivity index (χ1v) is 10.1. The lowest BCUT2D eigenvalue weighted by Crippen LogP contribution is -2.13. The van der Waals surface area contributed by atoms with E-state index in [0.717, 1.165) is 17.5 Å². The second-order valence-electron chi connectivity index (χ2n) is 7.50. The zero-order chi connectivity index (χ0) is 21.7. The molecule has 1 N–H and O–H groups in total. The summed E-state index contributed by atoms with van der Waals surface area (Å²) in [4.78, 5) is 12.5. The predicted octanol–water partition coefficient (Wildman–Crippen LogP) is 6.40. The maximum absolute atomic E-state index is 12.5. The minimum Gasteiger partial charge on any atom is -0.321 e. The Balaban J connectivity index is 1.73. The maximum Gasteiger partial charge on any atom is 0.266 e. The lowest BCUT2D eigenvalue weighted by atomic mass is 9.99. The molecule has 0 saturated carbocycles. The van der Waals surface area contributed by atoms with Crippen molar-refractivity contribution >= 4 is 29.3 Å². The predicted molar refractivity (Wildman–Crippen MR) is 124 cm³/mol. The zero-order valence-corrected chi connectivity index (χ0v) is 18.0. The van der Waals surface area contributed by atoms with E-state index in [1.807, 2.05) is 43.3 Å². The number of nitrogens with one attached hydrogen (secondary N) is 1. The molecular weight excluding hydrogens is 392 g/mol. The molecule has 0 bridgehead atoms. The molecule has 3 aromatic carbocycles. The number of benzene rings is 3. The molecule has 0 fully saturated rings. The minimum absolute atomic E-state index is 0.0359. The third-order valence-corrected chi connectivity index (χ3v) is 5.18. The quantitative estimate of drug-likeness (QED) is 0.387. The van der Waals surface area contributed by atoms with Crippen LogP contribution in [0.1, 0.15) is 33.4 Å². The normalized spacial score (nSPS) is 11.1. The number of anilines is 1. The molecule has 0 atom stereocenters. The van der Waals surface area contributed by atoms with Crippen LogP contribution in [0.4, 0.5) is 5.69 Å². The van der Waals surface area contributed by atoms with Crippen LogP contribution in [-0.2, 0) is 11.2 Å². The van der Waals surface area contributed by atoms with Crippen molar-refractivity contribution in [3.05, 3.63) is 105 Å². The monoisotopic (exact) mass is 414 g/mol. The Labute approximate surface area is 182 Å². The fraction of sp³-hybridized carbons (Fsp3) is 0.154. The van der Waals surface area contributed by atoms with E-state index >= 15 is 0 Å². The number of nitrogens with zero attached hydrogens (tertiary/aromatic N) is 1. The van der Waals surface area contributed by atoms with Crippen molar-refractivity contribution in [3.63, 3.8) is 0 Å². The largest absolute Gasteiger partial charge is 0.321 e. The van der Waals surface area contributed by atoms with Crippen molar-refractivity contribution in [2.24, 2.45) is 0 Å². The average molecular weight is 415 g/mol. The lowest BCUT2D eigenvalue weighted by molar-refractivity contribution is -0.112. The number of aryl methyl sites for hydroxylation is 3. The second kappa shape index (κ2) is 9.43. The Hall–Kier alpha value is -3.35. The molecule has 0 heterocycles. The number of halogens is 1. The van der Waals surface area contributed by atoms with Gasteiger partial charge in [-0.05, 0) is 67.7 Å². The van der Waals surface area contributed by atoms with Crippen molar-refractivity contribution < 1.29 is 4.79 Å². The number of hydrogen-bond donors (Lipinski definition) is 1. The Morgan fingerprint density at radius 3 is 2.23 bits per heavy atom. The average Bonchev–Trinajstić information content (AvgIpc) is 2.69. The molecule has 3 rings (SSSR count). The van der Waals surface area contributed by atoms with E-state index in [1.165, 1.54) is 22.3 Å². The summed E-state index contributed by atoms with van der Waals surface area (Å²) in [6, 6.07) is 21.7. The van der Waals surface area contributed by atoms with Gasteiger partial charge in [-0.3, -0.25) is 4.79 Å². The van der Waals surface area contributed by atoms with Gasteiger partial charge in [0.2, 0.25) is 0 Å². The summed E-state index contributed by atoms with van der Waals surface area (Å²) < 4.78 is 0. The van der Waals surface area contributed by atoms with Gasteiger partial charge in [-0.1, -0.05) is 71.3 Å². The van der Waals surface area contributed by atoms with Gasteiger partial charge in [0.05, 0.1) is 0 Å². The smallest absolute Gasteiger partial charge is 0.266 e. The van der Waals surface area contributed by atoms with Gasteiger partial charge in [0.1, 0.15) is 11.6 Å². The molecule has 0 spiro atoms. The van der Waals surface area contributed by atoms with E-state index in [2.05, 4.69) is 37.4 Å². The summed E-state index contributed by atoms with van der Waals surface area (Å²) in [5.74, 6) is -0.461. The summed E-state index contributed by atoms with van der Waals surface area (Å²) in [5.41, 5.74) is 7.26. The van der Waals surface area contributed by atoms with Crippen molar-refractivity contribution in [1.82, 2.24) is 0 Å². The molecule has 0 aliphatic heterocycles. The molecule has 1 amide bonds. The Bertz CT molecular complexity index is 1130. The fourth-order valence-electron chi connectivity index (χ4n) is 3.32. The van der Waals surface area contributed by atoms with Crippen LogP contribution in [0.15, 0.2) is 66.2 Å². The Morgan fingerprint density at radius 1 is 0.967 bits per heavy atom. The zero-order valence-electron chi connectivity index (χ0n) is 17.3. The molecule has 3 nitrogen and oxygen atoms in total. The molecule has 0 aliphatic rings. The highest BCUT2D eigenvalue weighted by Crippen LogP contribution is 2.21. The van der Waals surface area contributed by atoms with Crippen LogP contribution in [-0.4, -0.2) is 5.91 Å². The number of nitriles is 1. The Kier molecular flexibility index (Phi) is 6.72. The number of amides is 1. The van der Waals surface area contributed by atoms with Gasteiger partial charge in [0.15, 0.2) is 0 Å². The molecule has 150 valence electrons. The van der Waals surface area contributed by atoms with E-state index in [-0.39, 0.29) is 5.57 Å². The summed E-state index contributed by atoms with van der Waals surface area (Å²) in [7, 11) is 0. The van der Waals surface area contributed by atoms with Crippen LogP contribution >= 0.6 is 11.6 Å². The molecular formula is C26H23ClN2O. The maximum atomic E-state index is 12.5. The van der Waals surface area contributed by atoms with E-state index in [4.69, 9.17) is 11.6 Å². The van der Waals surface area contributed by atoms with Crippen LogP contribution in [0.5, 0.6) is 0 Å². The molecule has 0 radical (unpaired) electrons. The Morgan fingerprint density at radius 2 is 1.63 bits per heavy atom. The molecule has 30 heavy (non-hydrogen) atoms. The third-order valence-electron chi connectivity index (χ3n) is 4.78. The summed E-state index contributed by atoms with van der Waals surface area (Å²) >= 11 is 6.10. The number of carbonyl (C=O) groups excluding carboxylic acids is 1. The first-order valence-electron chi connectivity index (χ1n) is 9.69. The third kappa shape index (κ3) is 5.59. The molecule has 0 aromatic heterocycles. The van der Waals surface area contributed by atoms with Crippen LogP contribution in [0.25, 0.3) is 6.08 Å². The number of carbonyl (C=O) groups is 1. The van der Waals surface area contributed by atoms with E-state index in [1.54, 1.807) is 18.2 Å². The van der Waals surface area contributed by atoms with E-state index in [9.17, 15) is 10.1 Å². The fourth-order valence-corrected chi connectivity index (χ4v) is 3.50. The highest BCUT2D eigenvalue weighted by atomic mass is 35.5. The van der Waals surface area contributed by atoms with E-state index < -0.39 is 5.91 Å².